The minimum atomic E-state index is -2.08. The van der Waals surface area contributed by atoms with Crippen molar-refractivity contribution in [3.05, 3.63) is 25.3 Å². The van der Waals surface area contributed by atoms with Crippen LogP contribution in [0, 0.1) is 0 Å². The third kappa shape index (κ3) is 6.17. The normalized spacial score (nSPS) is 15.1. The third-order valence-electron chi connectivity index (χ3n) is 1.98. The lowest BCUT2D eigenvalue weighted by atomic mass is 10.2. The van der Waals surface area contributed by atoms with E-state index in [4.69, 9.17) is 0 Å². The van der Waals surface area contributed by atoms with Crippen LogP contribution in [0.3, 0.4) is 0 Å². The first-order chi connectivity index (χ1) is 8.34. The quantitative estimate of drug-likeness (QED) is 0.369. The molecule has 0 spiro atoms. The van der Waals surface area contributed by atoms with E-state index in [-0.39, 0.29) is 6.42 Å². The van der Waals surface area contributed by atoms with Gasteiger partial charge in [0.05, 0.1) is 0 Å². The molecular weight excluding hydrogens is 240 g/mol. The van der Waals surface area contributed by atoms with Crippen molar-refractivity contribution in [2.45, 2.75) is 31.7 Å². The topological polar surface area (TPSA) is 93.1 Å². The van der Waals surface area contributed by atoms with Gasteiger partial charge in [-0.05, 0) is 18.9 Å². The molecule has 0 saturated heterocycles. The highest BCUT2D eigenvalue weighted by atomic mass is 16.7. The lowest BCUT2D eigenvalue weighted by Crippen LogP contribution is -2.39. The number of aliphatic hydroxyl groups excluding tert-OH is 1. The van der Waals surface area contributed by atoms with Crippen molar-refractivity contribution < 1.29 is 29.3 Å². The fourth-order valence-corrected chi connectivity index (χ4v) is 1.04. The van der Waals surface area contributed by atoms with Crippen molar-refractivity contribution in [2.75, 3.05) is 6.61 Å². The molecule has 0 aromatic carbocycles. The molecule has 0 amide bonds. The Balaban J connectivity index is 4.27. The van der Waals surface area contributed by atoms with E-state index in [2.05, 4.69) is 22.6 Å². The molecule has 6 heteroatoms. The van der Waals surface area contributed by atoms with Crippen LogP contribution >= 0.6 is 0 Å². The van der Waals surface area contributed by atoms with E-state index in [0.29, 0.717) is 6.42 Å². The molecule has 0 saturated carbocycles. The molecule has 18 heavy (non-hydrogen) atoms. The first kappa shape index (κ1) is 16.3. The molecule has 0 rings (SSSR count). The minimum absolute atomic E-state index is 0.169. The summed E-state index contributed by atoms with van der Waals surface area (Å²) in [6, 6.07) is 0. The minimum Gasteiger partial charge on any atom is -0.456 e. The summed E-state index contributed by atoms with van der Waals surface area (Å²) in [5, 5.41) is 19.0. The number of ether oxygens (including phenoxy) is 2. The molecule has 102 valence electrons. The monoisotopic (exact) mass is 258 g/mol. The van der Waals surface area contributed by atoms with Crippen LogP contribution in [0.25, 0.3) is 0 Å². The van der Waals surface area contributed by atoms with Gasteiger partial charge < -0.3 is 19.7 Å². The van der Waals surface area contributed by atoms with E-state index >= 15 is 0 Å². The van der Waals surface area contributed by atoms with Gasteiger partial charge >= 0.3 is 11.9 Å². The third-order valence-corrected chi connectivity index (χ3v) is 1.98. The molecule has 0 aliphatic heterocycles. The van der Waals surface area contributed by atoms with Crippen molar-refractivity contribution in [2.24, 2.45) is 0 Å². The molecule has 0 aliphatic rings. The van der Waals surface area contributed by atoms with Crippen LogP contribution in [0.1, 0.15) is 19.8 Å². The fraction of sp³-hybridized carbons (Fsp3) is 0.500. The summed E-state index contributed by atoms with van der Waals surface area (Å²) >= 11 is 0. The van der Waals surface area contributed by atoms with Crippen LogP contribution in [0.5, 0.6) is 0 Å². The molecule has 0 aliphatic carbocycles. The highest BCUT2D eigenvalue weighted by molar-refractivity contribution is 5.74. The Bertz CT molecular complexity index is 325. The number of hydrogen-bond acceptors (Lipinski definition) is 6. The zero-order valence-corrected chi connectivity index (χ0v) is 10.3. The van der Waals surface area contributed by atoms with E-state index in [0.717, 1.165) is 13.0 Å². The first-order valence-electron chi connectivity index (χ1n) is 5.35. The first-order valence-corrected chi connectivity index (χ1v) is 5.35. The number of esters is 2. The second-order valence-corrected chi connectivity index (χ2v) is 3.63. The van der Waals surface area contributed by atoms with Crippen molar-refractivity contribution in [3.8, 4) is 0 Å². The number of rotatable bonds is 8. The van der Waals surface area contributed by atoms with Crippen LogP contribution in [0.15, 0.2) is 25.3 Å². The summed E-state index contributed by atoms with van der Waals surface area (Å²) < 4.78 is 9.16. The maximum Gasteiger partial charge on any atom is 0.335 e. The molecule has 0 heterocycles. The van der Waals surface area contributed by atoms with E-state index in [9.17, 15) is 19.8 Å². The summed E-state index contributed by atoms with van der Waals surface area (Å²) in [7, 11) is 0. The van der Waals surface area contributed by atoms with Crippen molar-refractivity contribution in [3.63, 3.8) is 0 Å². The Morgan fingerprint density at radius 1 is 1.44 bits per heavy atom. The van der Waals surface area contributed by atoms with Gasteiger partial charge in [-0.15, -0.1) is 6.58 Å². The van der Waals surface area contributed by atoms with Gasteiger partial charge in [0.2, 0.25) is 0 Å². The van der Waals surface area contributed by atoms with Crippen LogP contribution < -0.4 is 0 Å². The van der Waals surface area contributed by atoms with Crippen LogP contribution in [0.4, 0.5) is 0 Å². The Kier molecular flexibility index (Phi) is 6.92. The standard InChI is InChI=1S/C12H18O6/c1-4-6-7-10(14)11(15)17-8-12(16,5-2)18-9(3)13/h4-5,10,14,16H,1-2,6-8H2,3H3. The molecule has 0 fully saturated rings. The zero-order valence-electron chi connectivity index (χ0n) is 10.3. The summed E-state index contributed by atoms with van der Waals surface area (Å²) in [4.78, 5) is 22.0. The summed E-state index contributed by atoms with van der Waals surface area (Å²) in [5.41, 5.74) is 0. The van der Waals surface area contributed by atoms with Crippen LogP contribution in [0.2, 0.25) is 0 Å². The van der Waals surface area contributed by atoms with Gasteiger partial charge in [-0.3, -0.25) is 4.79 Å². The van der Waals surface area contributed by atoms with E-state index in [1.54, 1.807) is 6.08 Å². The predicted molar refractivity (Wildman–Crippen MR) is 63.3 cm³/mol. The SMILES string of the molecule is C=CCCC(O)C(=O)OCC(O)(C=C)OC(C)=O. The lowest BCUT2D eigenvalue weighted by Gasteiger charge is -2.23. The molecule has 0 aromatic heterocycles. The maximum absolute atomic E-state index is 11.3. The van der Waals surface area contributed by atoms with Gasteiger partial charge in [-0.1, -0.05) is 12.7 Å². The summed E-state index contributed by atoms with van der Waals surface area (Å²) in [6.45, 7) is 7.18. The van der Waals surface area contributed by atoms with Crippen LogP contribution in [-0.4, -0.2) is 40.6 Å². The van der Waals surface area contributed by atoms with Gasteiger partial charge in [-0.25, -0.2) is 4.79 Å². The Labute approximate surface area is 106 Å². The second kappa shape index (κ2) is 7.62. The molecule has 0 bridgehead atoms. The largest absolute Gasteiger partial charge is 0.456 e. The number of carbonyl (C=O) groups excluding carboxylic acids is 2. The Morgan fingerprint density at radius 2 is 2.06 bits per heavy atom. The number of aliphatic hydroxyl groups is 2. The average molecular weight is 258 g/mol. The second-order valence-electron chi connectivity index (χ2n) is 3.63. The predicted octanol–water partition coefficient (Wildman–Crippen LogP) is 0.294. The van der Waals surface area contributed by atoms with E-state index in [1.807, 2.05) is 0 Å². The smallest absolute Gasteiger partial charge is 0.335 e. The van der Waals surface area contributed by atoms with E-state index in [1.165, 1.54) is 0 Å². The molecular formula is C12H18O6. The Morgan fingerprint density at radius 3 is 2.50 bits per heavy atom. The highest BCUT2D eigenvalue weighted by Crippen LogP contribution is 2.11. The van der Waals surface area contributed by atoms with Gasteiger partial charge in [0.15, 0.2) is 12.7 Å². The van der Waals surface area contributed by atoms with Gasteiger partial charge in [-0.2, -0.15) is 0 Å². The Hall–Kier alpha value is -1.66. The molecule has 0 radical (unpaired) electrons. The van der Waals surface area contributed by atoms with Crippen molar-refractivity contribution in [1.82, 2.24) is 0 Å². The van der Waals surface area contributed by atoms with Crippen molar-refractivity contribution in [1.29, 1.82) is 0 Å². The number of allylic oxidation sites excluding steroid dienone is 1. The number of carbonyl (C=O) groups is 2. The zero-order chi connectivity index (χ0) is 14.2. The van der Waals surface area contributed by atoms with Gasteiger partial charge in [0.25, 0.3) is 5.79 Å². The number of hydrogen-bond donors (Lipinski definition) is 2. The van der Waals surface area contributed by atoms with E-state index < -0.39 is 30.4 Å². The fourth-order valence-electron chi connectivity index (χ4n) is 1.04. The summed E-state index contributed by atoms with van der Waals surface area (Å²) in [6.07, 6.45) is 1.79. The summed E-state index contributed by atoms with van der Waals surface area (Å²) in [5.74, 6) is -3.75. The lowest BCUT2D eigenvalue weighted by molar-refractivity contribution is -0.209. The molecule has 2 N–H and O–H groups in total. The molecule has 6 nitrogen and oxygen atoms in total. The van der Waals surface area contributed by atoms with Gasteiger partial charge in [0.1, 0.15) is 0 Å². The molecule has 0 aromatic rings. The highest BCUT2D eigenvalue weighted by Gasteiger charge is 2.30. The molecule has 2 atom stereocenters. The molecule has 2 unspecified atom stereocenters. The van der Waals surface area contributed by atoms with Crippen LogP contribution in [-0.2, 0) is 19.1 Å². The van der Waals surface area contributed by atoms with Gasteiger partial charge in [0, 0.05) is 6.92 Å². The average Bonchev–Trinajstić information content (AvgIpc) is 2.32. The maximum atomic E-state index is 11.3. The van der Waals surface area contributed by atoms with Crippen molar-refractivity contribution >= 4 is 11.9 Å².